The van der Waals surface area contributed by atoms with Gasteiger partial charge in [0.25, 0.3) is 0 Å². The third-order valence-electron chi connectivity index (χ3n) is 6.46. The lowest BCUT2D eigenvalue weighted by Gasteiger charge is -2.41. The number of nitrogens with zero attached hydrogens (tertiary/aromatic N) is 6. The minimum atomic E-state index is -0.437. The summed E-state index contributed by atoms with van der Waals surface area (Å²) in [5, 5.41) is 2.65. The van der Waals surface area contributed by atoms with Crippen LogP contribution in [0.4, 0.5) is 22.0 Å². The largest absolute Gasteiger partial charge is 0.351 e. The average molecular weight is 507 g/mol. The molecule has 2 atom stereocenters. The van der Waals surface area contributed by atoms with E-state index in [2.05, 4.69) is 32.9 Å². The van der Waals surface area contributed by atoms with Crippen LogP contribution >= 0.6 is 34.7 Å². The summed E-state index contributed by atoms with van der Waals surface area (Å²) >= 11 is 13.8. The lowest BCUT2D eigenvalue weighted by molar-refractivity contribution is 0.543. The van der Waals surface area contributed by atoms with Gasteiger partial charge >= 0.3 is 0 Å². The van der Waals surface area contributed by atoms with Crippen LogP contribution in [0.1, 0.15) is 26.7 Å². The third kappa shape index (κ3) is 4.48. The van der Waals surface area contributed by atoms with Gasteiger partial charge in [0.1, 0.15) is 11.6 Å². The molecule has 0 aliphatic carbocycles. The van der Waals surface area contributed by atoms with E-state index in [1.54, 1.807) is 12.1 Å². The fourth-order valence-corrected chi connectivity index (χ4v) is 5.73. The third-order valence-corrected chi connectivity index (χ3v) is 7.77. The van der Waals surface area contributed by atoms with E-state index in [4.69, 9.17) is 33.2 Å². The molecule has 2 fully saturated rings. The van der Waals surface area contributed by atoms with Gasteiger partial charge in [0.2, 0.25) is 5.95 Å². The second-order valence-corrected chi connectivity index (χ2v) is 10.1. The molecule has 174 valence electrons. The number of anilines is 3. The topological polar surface area (TPSA) is 48.4 Å². The van der Waals surface area contributed by atoms with Gasteiger partial charge in [-0.1, -0.05) is 23.2 Å². The monoisotopic (exact) mass is 506 g/mol. The molecular weight excluding hydrogens is 482 g/mol. The number of halogens is 3. The smallest absolute Gasteiger partial charge is 0.228 e. The van der Waals surface area contributed by atoms with Crippen LogP contribution in [-0.4, -0.2) is 52.6 Å². The Bertz CT molecular complexity index is 1160. The normalized spacial score (nSPS) is 21.2. The van der Waals surface area contributed by atoms with Gasteiger partial charge in [-0.15, -0.1) is 0 Å². The minimum Gasteiger partial charge on any atom is -0.351 e. The summed E-state index contributed by atoms with van der Waals surface area (Å²) in [5.41, 5.74) is 1.52. The fraction of sp³-hybridized carbons (Fsp3) is 0.435. The van der Waals surface area contributed by atoms with Crippen LogP contribution in [0, 0.1) is 5.82 Å². The van der Waals surface area contributed by atoms with Gasteiger partial charge in [-0.05, 0) is 56.4 Å². The quantitative estimate of drug-likeness (QED) is 0.448. The van der Waals surface area contributed by atoms with Crippen molar-refractivity contribution in [2.24, 2.45) is 0 Å². The Kier molecular flexibility index (Phi) is 6.33. The molecule has 0 radical (unpaired) electrons. The Morgan fingerprint density at radius 2 is 1.85 bits per heavy atom. The van der Waals surface area contributed by atoms with E-state index in [0.29, 0.717) is 17.0 Å². The van der Waals surface area contributed by atoms with Crippen molar-refractivity contribution in [3.8, 4) is 11.3 Å². The van der Waals surface area contributed by atoms with E-state index in [0.717, 1.165) is 61.9 Å². The number of aromatic nitrogens is 3. The SMILES string of the molecule is C[C@@H]1CCCN1c1nc(-c2ccc(F)c(Cl)c2)cc(N2CCN(c3nscc3Cl)C[C@@H]2C)n1. The van der Waals surface area contributed by atoms with Crippen molar-refractivity contribution in [2.75, 3.05) is 40.9 Å². The van der Waals surface area contributed by atoms with E-state index < -0.39 is 5.82 Å². The van der Waals surface area contributed by atoms with E-state index in [-0.39, 0.29) is 11.1 Å². The molecule has 0 bridgehead atoms. The maximum atomic E-state index is 13.8. The molecule has 0 N–H and O–H groups in total. The highest BCUT2D eigenvalue weighted by Crippen LogP contribution is 2.33. The van der Waals surface area contributed by atoms with Crippen molar-refractivity contribution in [3.63, 3.8) is 0 Å². The first-order valence-corrected chi connectivity index (χ1v) is 12.7. The molecule has 0 amide bonds. The Labute approximate surface area is 207 Å². The molecule has 0 unspecified atom stereocenters. The maximum Gasteiger partial charge on any atom is 0.228 e. The number of piperazine rings is 1. The summed E-state index contributed by atoms with van der Waals surface area (Å²) in [6, 6.07) is 7.29. The maximum absolute atomic E-state index is 13.8. The zero-order valence-electron chi connectivity index (χ0n) is 18.5. The van der Waals surface area contributed by atoms with Crippen molar-refractivity contribution < 1.29 is 4.39 Å². The van der Waals surface area contributed by atoms with Crippen molar-refractivity contribution in [1.29, 1.82) is 0 Å². The van der Waals surface area contributed by atoms with Gasteiger partial charge in [0.15, 0.2) is 5.82 Å². The zero-order valence-corrected chi connectivity index (χ0v) is 20.8. The van der Waals surface area contributed by atoms with E-state index in [9.17, 15) is 4.39 Å². The van der Waals surface area contributed by atoms with Crippen molar-refractivity contribution in [2.45, 2.75) is 38.8 Å². The average Bonchev–Trinajstić information content (AvgIpc) is 3.43. The highest BCUT2D eigenvalue weighted by atomic mass is 35.5. The van der Waals surface area contributed by atoms with E-state index in [1.165, 1.54) is 17.6 Å². The number of hydrogen-bond donors (Lipinski definition) is 0. The molecule has 4 heterocycles. The molecule has 1 aromatic carbocycles. The lowest BCUT2D eigenvalue weighted by atomic mass is 10.1. The lowest BCUT2D eigenvalue weighted by Crippen LogP contribution is -2.52. The Morgan fingerprint density at radius 1 is 1.00 bits per heavy atom. The minimum absolute atomic E-state index is 0.0888. The van der Waals surface area contributed by atoms with Gasteiger partial charge in [-0.25, -0.2) is 9.37 Å². The second-order valence-electron chi connectivity index (χ2n) is 8.70. The van der Waals surface area contributed by atoms with Crippen LogP contribution < -0.4 is 14.7 Å². The predicted octanol–water partition coefficient (Wildman–Crippen LogP) is 5.75. The first-order chi connectivity index (χ1) is 15.9. The summed E-state index contributed by atoms with van der Waals surface area (Å²) in [6.45, 7) is 7.69. The molecule has 2 aliphatic heterocycles. The Morgan fingerprint density at radius 3 is 2.52 bits per heavy atom. The van der Waals surface area contributed by atoms with Gasteiger partial charge < -0.3 is 14.7 Å². The molecule has 6 nitrogen and oxygen atoms in total. The predicted molar refractivity (Wildman–Crippen MR) is 135 cm³/mol. The molecule has 33 heavy (non-hydrogen) atoms. The summed E-state index contributed by atoms with van der Waals surface area (Å²) < 4.78 is 18.3. The Hall–Kier alpha value is -2.16. The van der Waals surface area contributed by atoms with Crippen molar-refractivity contribution >= 4 is 52.3 Å². The van der Waals surface area contributed by atoms with Gasteiger partial charge in [-0.2, -0.15) is 9.36 Å². The number of benzene rings is 1. The van der Waals surface area contributed by atoms with Crippen molar-refractivity contribution in [1.82, 2.24) is 14.3 Å². The molecule has 10 heteroatoms. The molecular formula is C23H25Cl2FN6S. The van der Waals surface area contributed by atoms with Gasteiger partial charge in [-0.3, -0.25) is 0 Å². The van der Waals surface area contributed by atoms with E-state index in [1.807, 2.05) is 11.4 Å². The van der Waals surface area contributed by atoms with Crippen LogP contribution in [0.2, 0.25) is 10.0 Å². The molecule has 3 aromatic rings. The number of hydrogen-bond acceptors (Lipinski definition) is 7. The van der Waals surface area contributed by atoms with Crippen LogP contribution in [0.5, 0.6) is 0 Å². The Balaban J connectivity index is 1.49. The molecule has 2 aliphatic rings. The first kappa shape index (κ1) is 22.6. The molecule has 0 spiro atoms. The second kappa shape index (κ2) is 9.24. The van der Waals surface area contributed by atoms with Gasteiger partial charge in [0, 0.05) is 55.3 Å². The van der Waals surface area contributed by atoms with E-state index >= 15 is 0 Å². The number of rotatable bonds is 4. The zero-order chi connectivity index (χ0) is 23.1. The van der Waals surface area contributed by atoms with Crippen LogP contribution in [0.3, 0.4) is 0 Å². The van der Waals surface area contributed by atoms with Crippen LogP contribution in [0.25, 0.3) is 11.3 Å². The standard InChI is InChI=1S/C23H25Cl2FN6S/c1-14-4-3-7-32(14)23-27-20(16-5-6-19(26)17(24)10-16)11-21(28-23)31-9-8-30(12-15(31)2)22-18(25)13-33-29-22/h5-6,10-11,13-15H,3-4,7-9,12H2,1-2H3/t14-,15+/m1/s1. The molecule has 5 rings (SSSR count). The first-order valence-electron chi connectivity index (χ1n) is 11.1. The molecule has 2 saturated heterocycles. The van der Waals surface area contributed by atoms with Crippen LogP contribution in [0.15, 0.2) is 29.6 Å². The fourth-order valence-electron chi connectivity index (χ4n) is 4.65. The summed E-state index contributed by atoms with van der Waals surface area (Å²) in [6.07, 6.45) is 2.24. The highest BCUT2D eigenvalue weighted by molar-refractivity contribution is 7.04. The molecule has 2 aromatic heterocycles. The highest BCUT2D eigenvalue weighted by Gasteiger charge is 2.29. The van der Waals surface area contributed by atoms with Crippen LogP contribution in [-0.2, 0) is 0 Å². The summed E-state index contributed by atoms with van der Waals surface area (Å²) in [4.78, 5) is 16.6. The summed E-state index contributed by atoms with van der Waals surface area (Å²) in [7, 11) is 0. The van der Waals surface area contributed by atoms with Gasteiger partial charge in [0.05, 0.1) is 15.7 Å². The summed E-state index contributed by atoms with van der Waals surface area (Å²) in [5.74, 6) is 1.99. The van der Waals surface area contributed by atoms with Crippen molar-refractivity contribution in [3.05, 3.63) is 45.5 Å². The molecule has 0 saturated carbocycles.